The van der Waals surface area contributed by atoms with Crippen molar-refractivity contribution in [2.45, 2.75) is 17.2 Å². The third-order valence-corrected chi connectivity index (χ3v) is 5.95. The zero-order valence-electron chi connectivity index (χ0n) is 13.8. The molecule has 0 radical (unpaired) electrons. The Kier molecular flexibility index (Phi) is 5.60. The predicted octanol–water partition coefficient (Wildman–Crippen LogP) is 2.68. The van der Waals surface area contributed by atoms with Crippen LogP contribution in [0, 0.1) is 11.7 Å². The highest BCUT2D eigenvalue weighted by Gasteiger charge is 2.44. The summed E-state index contributed by atoms with van der Waals surface area (Å²) >= 11 is 5.79. The first-order chi connectivity index (χ1) is 12.4. The number of benzene rings is 2. The Bertz CT molecular complexity index is 920. The molecule has 5 nitrogen and oxygen atoms in total. The van der Waals surface area contributed by atoms with E-state index < -0.39 is 10.0 Å². The summed E-state index contributed by atoms with van der Waals surface area (Å²) in [7, 11) is -3.68. The topological polar surface area (TPSA) is 75.3 Å². The number of halogens is 2. The highest BCUT2D eigenvalue weighted by Crippen LogP contribution is 2.48. The van der Waals surface area contributed by atoms with Crippen LogP contribution in [0.25, 0.3) is 0 Å². The van der Waals surface area contributed by atoms with Gasteiger partial charge in [0.25, 0.3) is 0 Å². The normalized spacial score (nSPS) is 19.2. The number of amides is 1. The van der Waals surface area contributed by atoms with Crippen molar-refractivity contribution in [2.75, 3.05) is 13.1 Å². The van der Waals surface area contributed by atoms with Crippen LogP contribution in [-0.2, 0) is 14.8 Å². The molecular formula is C18H18ClFN2O3S. The molecule has 0 bridgehead atoms. The molecule has 26 heavy (non-hydrogen) atoms. The molecule has 3 rings (SSSR count). The second kappa shape index (κ2) is 7.73. The molecule has 0 aromatic heterocycles. The van der Waals surface area contributed by atoms with Crippen LogP contribution >= 0.6 is 11.6 Å². The van der Waals surface area contributed by atoms with Gasteiger partial charge in [0.2, 0.25) is 15.9 Å². The number of rotatable bonds is 7. The summed E-state index contributed by atoms with van der Waals surface area (Å²) < 4.78 is 40.4. The van der Waals surface area contributed by atoms with Gasteiger partial charge < -0.3 is 5.32 Å². The van der Waals surface area contributed by atoms with Gasteiger partial charge in [-0.25, -0.2) is 17.5 Å². The minimum atomic E-state index is -3.68. The van der Waals surface area contributed by atoms with E-state index in [1.807, 2.05) is 0 Å². The van der Waals surface area contributed by atoms with E-state index in [9.17, 15) is 17.6 Å². The molecule has 1 aliphatic carbocycles. The van der Waals surface area contributed by atoms with E-state index in [0.717, 1.165) is 0 Å². The van der Waals surface area contributed by atoms with E-state index in [-0.39, 0.29) is 41.5 Å². The van der Waals surface area contributed by atoms with Crippen molar-refractivity contribution in [1.82, 2.24) is 10.0 Å². The molecular weight excluding hydrogens is 379 g/mol. The van der Waals surface area contributed by atoms with Crippen molar-refractivity contribution in [3.05, 3.63) is 64.9 Å². The van der Waals surface area contributed by atoms with Crippen LogP contribution < -0.4 is 10.0 Å². The van der Waals surface area contributed by atoms with E-state index in [2.05, 4.69) is 10.0 Å². The molecule has 0 spiro atoms. The van der Waals surface area contributed by atoms with E-state index in [4.69, 9.17) is 11.6 Å². The third-order valence-electron chi connectivity index (χ3n) is 4.25. The minimum Gasteiger partial charge on any atom is -0.355 e. The molecule has 0 saturated heterocycles. The predicted molar refractivity (Wildman–Crippen MR) is 96.9 cm³/mol. The molecule has 2 unspecified atom stereocenters. The highest BCUT2D eigenvalue weighted by atomic mass is 35.5. The number of hydrogen-bond acceptors (Lipinski definition) is 3. The second-order valence-electron chi connectivity index (χ2n) is 6.12. The zero-order valence-corrected chi connectivity index (χ0v) is 15.4. The van der Waals surface area contributed by atoms with Gasteiger partial charge in [0.15, 0.2) is 0 Å². The third kappa shape index (κ3) is 4.41. The Balaban J connectivity index is 1.46. The first kappa shape index (κ1) is 18.8. The fourth-order valence-electron chi connectivity index (χ4n) is 2.82. The van der Waals surface area contributed by atoms with Crippen molar-refractivity contribution in [3.8, 4) is 0 Å². The average Bonchev–Trinajstić information content (AvgIpc) is 3.39. The first-order valence-corrected chi connectivity index (χ1v) is 10.0. The summed E-state index contributed by atoms with van der Waals surface area (Å²) in [6.45, 7) is 0.205. The number of nitrogens with one attached hydrogen (secondary N) is 2. The smallest absolute Gasteiger partial charge is 0.240 e. The van der Waals surface area contributed by atoms with Gasteiger partial charge in [-0.3, -0.25) is 4.79 Å². The molecule has 8 heteroatoms. The van der Waals surface area contributed by atoms with Gasteiger partial charge in [-0.05, 0) is 42.2 Å². The lowest BCUT2D eigenvalue weighted by Crippen LogP contribution is -2.35. The molecule has 1 fully saturated rings. The second-order valence-corrected chi connectivity index (χ2v) is 8.32. The van der Waals surface area contributed by atoms with Crippen molar-refractivity contribution >= 4 is 27.5 Å². The van der Waals surface area contributed by atoms with Crippen LogP contribution in [0.3, 0.4) is 0 Å². The monoisotopic (exact) mass is 396 g/mol. The maximum Gasteiger partial charge on any atom is 0.240 e. The Morgan fingerprint density at radius 3 is 2.65 bits per heavy atom. The molecule has 0 heterocycles. The summed E-state index contributed by atoms with van der Waals surface area (Å²) in [4.78, 5) is 12.2. The maximum atomic E-state index is 13.7. The number of hydrogen-bond donors (Lipinski definition) is 2. The standard InChI is InChI=1S/C18H18ClFN2O3S/c19-12-4-3-5-13(10-12)26(24,25)22-9-8-21-18(23)16-11-15(16)14-6-1-2-7-17(14)20/h1-7,10,15-16,22H,8-9,11H2,(H,21,23). The Hall–Kier alpha value is -1.96. The Morgan fingerprint density at radius 2 is 1.92 bits per heavy atom. The summed E-state index contributed by atoms with van der Waals surface area (Å²) in [6.07, 6.45) is 0.598. The van der Waals surface area contributed by atoms with Crippen molar-refractivity contribution in [2.24, 2.45) is 5.92 Å². The van der Waals surface area contributed by atoms with Crippen molar-refractivity contribution in [1.29, 1.82) is 0 Å². The van der Waals surface area contributed by atoms with E-state index in [0.29, 0.717) is 17.0 Å². The molecule has 138 valence electrons. The Morgan fingerprint density at radius 1 is 1.15 bits per heavy atom. The van der Waals surface area contributed by atoms with Gasteiger partial charge in [0, 0.05) is 24.0 Å². The van der Waals surface area contributed by atoms with Crippen LogP contribution in [-0.4, -0.2) is 27.4 Å². The summed E-state index contributed by atoms with van der Waals surface area (Å²) in [5.74, 6) is -0.877. The average molecular weight is 397 g/mol. The van der Waals surface area contributed by atoms with Crippen LogP contribution in [0.1, 0.15) is 17.9 Å². The van der Waals surface area contributed by atoms with Crippen LogP contribution in [0.5, 0.6) is 0 Å². The lowest BCUT2D eigenvalue weighted by Gasteiger charge is -2.08. The molecule has 1 aliphatic rings. The molecule has 2 atom stereocenters. The molecule has 1 saturated carbocycles. The largest absolute Gasteiger partial charge is 0.355 e. The molecule has 2 N–H and O–H groups in total. The van der Waals surface area contributed by atoms with Gasteiger partial charge in [0.1, 0.15) is 5.82 Å². The van der Waals surface area contributed by atoms with Gasteiger partial charge in [-0.1, -0.05) is 35.9 Å². The van der Waals surface area contributed by atoms with E-state index in [1.54, 1.807) is 30.3 Å². The zero-order chi connectivity index (χ0) is 18.7. The fourth-order valence-corrected chi connectivity index (χ4v) is 4.16. The number of carbonyl (C=O) groups excluding carboxylic acids is 1. The van der Waals surface area contributed by atoms with Gasteiger partial charge in [-0.15, -0.1) is 0 Å². The van der Waals surface area contributed by atoms with E-state index >= 15 is 0 Å². The fraction of sp³-hybridized carbons (Fsp3) is 0.278. The van der Waals surface area contributed by atoms with Crippen molar-refractivity contribution in [3.63, 3.8) is 0 Å². The Labute approximate surface area is 156 Å². The highest BCUT2D eigenvalue weighted by molar-refractivity contribution is 7.89. The SMILES string of the molecule is O=C(NCCNS(=O)(=O)c1cccc(Cl)c1)C1CC1c1ccccc1F. The van der Waals surface area contributed by atoms with Gasteiger partial charge >= 0.3 is 0 Å². The molecule has 2 aromatic carbocycles. The first-order valence-electron chi connectivity index (χ1n) is 8.16. The summed E-state index contributed by atoms with van der Waals surface area (Å²) in [5.41, 5.74) is 0.550. The molecule has 1 amide bonds. The van der Waals surface area contributed by atoms with Gasteiger partial charge in [-0.2, -0.15) is 0 Å². The summed E-state index contributed by atoms with van der Waals surface area (Å²) in [5, 5.41) is 3.01. The maximum absolute atomic E-state index is 13.7. The van der Waals surface area contributed by atoms with Crippen LogP contribution in [0.2, 0.25) is 5.02 Å². The molecule has 0 aliphatic heterocycles. The number of sulfonamides is 1. The number of carbonyl (C=O) groups is 1. The lowest BCUT2D eigenvalue weighted by molar-refractivity contribution is -0.122. The van der Waals surface area contributed by atoms with Crippen molar-refractivity contribution < 1.29 is 17.6 Å². The lowest BCUT2D eigenvalue weighted by atomic mass is 10.1. The molecule has 2 aromatic rings. The quantitative estimate of drug-likeness (QED) is 0.706. The minimum absolute atomic E-state index is 0.0532. The van der Waals surface area contributed by atoms with E-state index in [1.165, 1.54) is 18.2 Å². The van der Waals surface area contributed by atoms with Crippen LogP contribution in [0.4, 0.5) is 4.39 Å². The van der Waals surface area contributed by atoms with Crippen LogP contribution in [0.15, 0.2) is 53.4 Å². The summed E-state index contributed by atoms with van der Waals surface area (Å²) in [6, 6.07) is 12.4. The van der Waals surface area contributed by atoms with Gasteiger partial charge in [0.05, 0.1) is 4.90 Å².